The molecular formula is C23H20Cl3N3O2. The zero-order valence-electron chi connectivity index (χ0n) is 16.9. The molecule has 0 bridgehead atoms. The van der Waals surface area contributed by atoms with E-state index in [-0.39, 0.29) is 5.50 Å². The highest BCUT2D eigenvalue weighted by Crippen LogP contribution is 2.45. The molecule has 1 unspecified atom stereocenters. The number of fused-ring (bicyclic) bond motifs is 1. The van der Waals surface area contributed by atoms with E-state index in [1.807, 2.05) is 48.7 Å². The molecule has 31 heavy (non-hydrogen) atoms. The van der Waals surface area contributed by atoms with E-state index in [0.717, 1.165) is 16.0 Å². The fraction of sp³-hybridized carbons (Fsp3) is 0.174. The molecule has 1 aromatic heterocycles. The highest BCUT2D eigenvalue weighted by atomic mass is 35.5. The van der Waals surface area contributed by atoms with Gasteiger partial charge in [-0.25, -0.2) is 4.98 Å². The highest BCUT2D eigenvalue weighted by Gasteiger charge is 2.21. The van der Waals surface area contributed by atoms with E-state index in [0.29, 0.717) is 45.2 Å². The van der Waals surface area contributed by atoms with Crippen molar-refractivity contribution in [3.8, 4) is 22.8 Å². The highest BCUT2D eigenvalue weighted by molar-refractivity contribution is 6.41. The molecular weight excluding hydrogens is 457 g/mol. The molecule has 2 heterocycles. The monoisotopic (exact) mass is 475 g/mol. The third kappa shape index (κ3) is 4.40. The van der Waals surface area contributed by atoms with E-state index in [1.54, 1.807) is 20.3 Å². The fourth-order valence-corrected chi connectivity index (χ4v) is 4.27. The first kappa shape index (κ1) is 21.6. The molecule has 8 heteroatoms. The SMILES string of the molecule is COc1cc(OC)c(Cl)c(-c2cc3c(c(NCc4ccccc4)n2)=CC(Cl)NC=3)c1Cl. The van der Waals surface area contributed by atoms with Gasteiger partial charge >= 0.3 is 0 Å². The predicted octanol–water partition coefficient (Wildman–Crippen LogP) is 4.37. The van der Waals surface area contributed by atoms with Gasteiger partial charge in [0.25, 0.3) is 0 Å². The number of hydrogen-bond acceptors (Lipinski definition) is 5. The molecule has 4 rings (SSSR count). The van der Waals surface area contributed by atoms with Gasteiger partial charge in [-0.15, -0.1) is 0 Å². The molecule has 0 spiro atoms. The van der Waals surface area contributed by atoms with Gasteiger partial charge < -0.3 is 20.1 Å². The van der Waals surface area contributed by atoms with Gasteiger partial charge in [0, 0.05) is 34.8 Å². The number of aromatic nitrogens is 1. The van der Waals surface area contributed by atoms with Gasteiger partial charge in [0.15, 0.2) is 0 Å². The van der Waals surface area contributed by atoms with Crippen LogP contribution in [0.25, 0.3) is 23.5 Å². The van der Waals surface area contributed by atoms with Crippen LogP contribution in [0.2, 0.25) is 10.0 Å². The quantitative estimate of drug-likeness (QED) is 0.409. The number of nitrogens with zero attached hydrogens (tertiary/aromatic N) is 1. The van der Waals surface area contributed by atoms with Gasteiger partial charge in [0.05, 0.1) is 30.0 Å². The number of ether oxygens (including phenoxy) is 2. The standard InChI is InChI=1S/C23H20Cl3N3O2/c1-30-17-10-18(31-2)22(26)20(21(17)25)16-8-14-12-27-19(24)9-15(14)23(29-16)28-11-13-6-4-3-5-7-13/h3-10,12,19,27H,11H2,1-2H3,(H,28,29). The van der Waals surface area contributed by atoms with Crippen LogP contribution in [0, 0.1) is 0 Å². The first-order chi connectivity index (χ1) is 15.0. The van der Waals surface area contributed by atoms with Crippen molar-refractivity contribution in [3.63, 3.8) is 0 Å². The summed E-state index contributed by atoms with van der Waals surface area (Å²) in [4.78, 5) is 4.85. The maximum Gasteiger partial charge on any atom is 0.141 e. The van der Waals surface area contributed by atoms with Crippen molar-refractivity contribution in [2.24, 2.45) is 0 Å². The van der Waals surface area contributed by atoms with E-state index < -0.39 is 0 Å². The lowest BCUT2D eigenvalue weighted by molar-refractivity contribution is 0.395. The van der Waals surface area contributed by atoms with Gasteiger partial charge in [-0.1, -0.05) is 65.1 Å². The van der Waals surface area contributed by atoms with Crippen molar-refractivity contribution in [3.05, 3.63) is 68.5 Å². The summed E-state index contributed by atoms with van der Waals surface area (Å²) in [5, 5.41) is 9.05. The maximum atomic E-state index is 6.63. The average Bonchev–Trinajstić information content (AvgIpc) is 2.78. The van der Waals surface area contributed by atoms with Gasteiger partial charge in [0.1, 0.15) is 22.8 Å². The maximum absolute atomic E-state index is 6.63. The van der Waals surface area contributed by atoms with Crippen molar-refractivity contribution < 1.29 is 9.47 Å². The fourth-order valence-electron chi connectivity index (χ4n) is 3.39. The van der Waals surface area contributed by atoms with Crippen LogP contribution in [0.5, 0.6) is 11.5 Å². The topological polar surface area (TPSA) is 55.4 Å². The minimum absolute atomic E-state index is 0.332. The van der Waals surface area contributed by atoms with Crippen molar-refractivity contribution in [2.75, 3.05) is 19.5 Å². The Morgan fingerprint density at radius 3 is 2.35 bits per heavy atom. The summed E-state index contributed by atoms with van der Waals surface area (Å²) in [7, 11) is 3.08. The third-order valence-corrected chi connectivity index (χ3v) is 5.94. The number of benzene rings is 2. The lowest BCUT2D eigenvalue weighted by Gasteiger charge is -2.17. The number of rotatable bonds is 6. The molecule has 5 nitrogen and oxygen atoms in total. The number of pyridine rings is 1. The summed E-state index contributed by atoms with van der Waals surface area (Å²) < 4.78 is 10.8. The zero-order valence-corrected chi connectivity index (χ0v) is 19.1. The zero-order chi connectivity index (χ0) is 22.0. The molecule has 0 radical (unpaired) electrons. The van der Waals surface area contributed by atoms with E-state index in [1.165, 1.54) is 0 Å². The molecule has 3 aromatic rings. The first-order valence-corrected chi connectivity index (χ1v) is 10.7. The summed E-state index contributed by atoms with van der Waals surface area (Å²) in [6.45, 7) is 0.598. The summed E-state index contributed by atoms with van der Waals surface area (Å²) in [6, 6.07) is 13.6. The van der Waals surface area contributed by atoms with Crippen LogP contribution in [-0.2, 0) is 6.54 Å². The Labute approximate surface area is 195 Å². The Morgan fingerprint density at radius 1 is 1.03 bits per heavy atom. The smallest absolute Gasteiger partial charge is 0.141 e. The van der Waals surface area contributed by atoms with E-state index >= 15 is 0 Å². The normalized spacial score (nSPS) is 14.5. The van der Waals surface area contributed by atoms with Crippen LogP contribution >= 0.6 is 34.8 Å². The van der Waals surface area contributed by atoms with Gasteiger partial charge in [0.2, 0.25) is 0 Å². The number of methoxy groups -OCH3 is 2. The Morgan fingerprint density at radius 2 is 1.71 bits per heavy atom. The molecule has 2 N–H and O–H groups in total. The van der Waals surface area contributed by atoms with Crippen molar-refractivity contribution in [1.29, 1.82) is 0 Å². The summed E-state index contributed by atoms with van der Waals surface area (Å²) in [6.07, 6.45) is 3.77. The Kier molecular flexibility index (Phi) is 6.46. The molecule has 0 amide bonds. The Hall–Kier alpha value is -2.60. The molecule has 160 valence electrons. The number of halogens is 3. The predicted molar refractivity (Wildman–Crippen MR) is 128 cm³/mol. The number of nitrogens with one attached hydrogen (secondary N) is 2. The van der Waals surface area contributed by atoms with Gasteiger partial charge in [-0.05, 0) is 17.7 Å². The second-order valence-corrected chi connectivity index (χ2v) is 8.09. The minimum Gasteiger partial charge on any atom is -0.495 e. The Bertz CT molecular complexity index is 1210. The van der Waals surface area contributed by atoms with Crippen molar-refractivity contribution in [2.45, 2.75) is 12.0 Å². The third-order valence-electron chi connectivity index (χ3n) is 4.93. The molecule has 1 aliphatic rings. The summed E-state index contributed by atoms with van der Waals surface area (Å²) in [5.41, 5.74) is 1.91. The minimum atomic E-state index is -0.332. The second-order valence-electron chi connectivity index (χ2n) is 6.86. The van der Waals surface area contributed by atoms with Crippen LogP contribution in [0.15, 0.2) is 42.5 Å². The lowest BCUT2D eigenvalue weighted by Crippen LogP contribution is -2.38. The van der Waals surface area contributed by atoms with Crippen molar-refractivity contribution >= 4 is 52.9 Å². The molecule has 2 aromatic carbocycles. The number of anilines is 1. The molecule has 0 saturated heterocycles. The Balaban J connectivity index is 1.89. The second kappa shape index (κ2) is 9.27. The van der Waals surface area contributed by atoms with E-state index in [9.17, 15) is 0 Å². The largest absolute Gasteiger partial charge is 0.495 e. The first-order valence-electron chi connectivity index (χ1n) is 9.53. The van der Waals surface area contributed by atoms with Crippen LogP contribution in [0.3, 0.4) is 0 Å². The summed E-state index contributed by atoms with van der Waals surface area (Å²) in [5.74, 6) is 1.57. The van der Waals surface area contributed by atoms with Crippen molar-refractivity contribution in [1.82, 2.24) is 10.3 Å². The van der Waals surface area contributed by atoms with E-state index in [2.05, 4.69) is 10.6 Å². The molecule has 0 aliphatic carbocycles. The molecule has 0 saturated carbocycles. The van der Waals surface area contributed by atoms with Gasteiger partial charge in [-0.2, -0.15) is 0 Å². The molecule has 0 fully saturated rings. The lowest BCUT2D eigenvalue weighted by atomic mass is 10.1. The molecule has 1 atom stereocenters. The number of hydrogen-bond donors (Lipinski definition) is 2. The van der Waals surface area contributed by atoms with E-state index in [4.69, 9.17) is 49.3 Å². The molecule has 1 aliphatic heterocycles. The van der Waals surface area contributed by atoms with Crippen LogP contribution in [-0.4, -0.2) is 24.7 Å². The summed E-state index contributed by atoms with van der Waals surface area (Å²) >= 11 is 19.5. The number of alkyl halides is 1. The van der Waals surface area contributed by atoms with Crippen LogP contribution < -0.4 is 30.5 Å². The average molecular weight is 477 g/mol. The van der Waals surface area contributed by atoms with Crippen LogP contribution in [0.4, 0.5) is 5.82 Å². The van der Waals surface area contributed by atoms with Crippen LogP contribution in [0.1, 0.15) is 5.56 Å². The van der Waals surface area contributed by atoms with Gasteiger partial charge in [-0.3, -0.25) is 0 Å².